The highest BCUT2D eigenvalue weighted by molar-refractivity contribution is 5.49. The van der Waals surface area contributed by atoms with E-state index in [1.54, 1.807) is 14.2 Å². The molecule has 3 aromatic carbocycles. The predicted octanol–water partition coefficient (Wildman–Crippen LogP) is 3.73. The Morgan fingerprint density at radius 3 is 2.00 bits per heavy atom. The summed E-state index contributed by atoms with van der Waals surface area (Å²) >= 11 is 0. The Balaban J connectivity index is 1.50. The van der Waals surface area contributed by atoms with Gasteiger partial charge in [0.05, 0.1) is 20.8 Å². The van der Waals surface area contributed by atoms with Gasteiger partial charge in [-0.1, -0.05) is 67.4 Å². The van der Waals surface area contributed by atoms with Crippen molar-refractivity contribution in [3.63, 3.8) is 0 Å². The van der Waals surface area contributed by atoms with Crippen molar-refractivity contribution in [2.24, 2.45) is 5.73 Å². The van der Waals surface area contributed by atoms with Crippen LogP contribution in [0.1, 0.15) is 48.6 Å². The number of nitrogens with two attached hydrogens (primary N) is 1. The molecule has 47 heavy (non-hydrogen) atoms. The SMILES string of the molecule is COc1ccc(C(OC[C@H]2O[C@@H](n3ccc(=O)[nH]c3=O)[C@H](OCCCCCCN)[C@@H]2O)(c2ccccc2)c2ccc(OC)cc2)cc1. The molecule has 0 amide bonds. The first-order valence-corrected chi connectivity index (χ1v) is 15.9. The Kier molecular flexibility index (Phi) is 11.6. The number of methoxy groups -OCH3 is 2. The zero-order valence-electron chi connectivity index (χ0n) is 26.7. The van der Waals surface area contributed by atoms with Crippen molar-refractivity contribution in [1.29, 1.82) is 0 Å². The summed E-state index contributed by atoms with van der Waals surface area (Å²) < 4.78 is 31.6. The van der Waals surface area contributed by atoms with Crippen LogP contribution in [-0.4, -0.2) is 66.9 Å². The molecule has 5 rings (SSSR count). The van der Waals surface area contributed by atoms with E-state index in [2.05, 4.69) is 4.98 Å². The molecular formula is C36H43N3O8. The third-order valence-electron chi connectivity index (χ3n) is 8.48. The topological polar surface area (TPSA) is 147 Å². The van der Waals surface area contributed by atoms with Gasteiger partial charge in [-0.15, -0.1) is 0 Å². The Morgan fingerprint density at radius 1 is 0.830 bits per heavy atom. The van der Waals surface area contributed by atoms with Crippen molar-refractivity contribution in [3.05, 3.63) is 129 Å². The van der Waals surface area contributed by atoms with Crippen molar-refractivity contribution >= 4 is 0 Å². The number of aromatic nitrogens is 2. The highest BCUT2D eigenvalue weighted by Gasteiger charge is 2.48. The quantitative estimate of drug-likeness (QED) is 0.123. The van der Waals surface area contributed by atoms with Gasteiger partial charge in [0, 0.05) is 18.9 Å². The number of H-pyrrole nitrogens is 1. The third kappa shape index (κ3) is 7.66. The molecule has 1 aliphatic heterocycles. The molecule has 0 radical (unpaired) electrons. The van der Waals surface area contributed by atoms with E-state index in [9.17, 15) is 14.7 Å². The maximum atomic E-state index is 12.8. The Morgan fingerprint density at radius 2 is 1.43 bits per heavy atom. The van der Waals surface area contributed by atoms with E-state index in [0.29, 0.717) is 24.7 Å². The van der Waals surface area contributed by atoms with Gasteiger partial charge in [0.15, 0.2) is 6.23 Å². The fraction of sp³-hybridized carbons (Fsp3) is 0.389. The second-order valence-corrected chi connectivity index (χ2v) is 11.4. The molecule has 0 aliphatic carbocycles. The lowest BCUT2D eigenvalue weighted by Crippen LogP contribution is -2.41. The Labute approximate surface area is 273 Å². The summed E-state index contributed by atoms with van der Waals surface area (Å²) in [6.45, 7) is 0.912. The molecule has 0 bridgehead atoms. The molecule has 4 atom stereocenters. The minimum atomic E-state index is -1.15. The molecule has 11 heteroatoms. The van der Waals surface area contributed by atoms with Gasteiger partial charge in [-0.3, -0.25) is 14.3 Å². The number of benzene rings is 3. The van der Waals surface area contributed by atoms with Crippen molar-refractivity contribution in [1.82, 2.24) is 9.55 Å². The van der Waals surface area contributed by atoms with Gasteiger partial charge >= 0.3 is 5.69 Å². The lowest BCUT2D eigenvalue weighted by molar-refractivity contribution is -0.0982. The summed E-state index contributed by atoms with van der Waals surface area (Å²) in [5.74, 6) is 1.38. The van der Waals surface area contributed by atoms with Crippen LogP contribution in [0.4, 0.5) is 0 Å². The number of nitrogens with one attached hydrogen (secondary N) is 1. The molecule has 4 N–H and O–H groups in total. The van der Waals surface area contributed by atoms with Gasteiger partial charge in [-0.25, -0.2) is 4.79 Å². The number of unbranched alkanes of at least 4 members (excludes halogenated alkanes) is 3. The number of hydrogen-bond donors (Lipinski definition) is 3. The van der Waals surface area contributed by atoms with Gasteiger partial charge < -0.3 is 34.5 Å². The van der Waals surface area contributed by atoms with Crippen LogP contribution in [0.15, 0.2) is 101 Å². The van der Waals surface area contributed by atoms with Gasteiger partial charge in [0.25, 0.3) is 5.56 Å². The standard InChI is InChI=1S/C36H43N3O8/c1-43-28-16-12-26(13-17-28)36(25-10-6-5-7-11-25,27-14-18-29(44-2)19-15-27)46-24-30-32(41)33(45-23-9-4-3-8-21-37)34(47-30)39-22-20-31(40)38-35(39)42/h5-7,10-20,22,30,32-34,41H,3-4,8-9,21,23-24,37H2,1-2H3,(H,38,40,42)/t30-,32-,33-,34-/m1/s1. The Bertz CT molecular complexity index is 1610. The normalized spacial score (nSPS) is 19.5. The average molecular weight is 646 g/mol. The van der Waals surface area contributed by atoms with Crippen molar-refractivity contribution in [3.8, 4) is 11.5 Å². The maximum absolute atomic E-state index is 12.8. The second-order valence-electron chi connectivity index (χ2n) is 11.4. The summed E-state index contributed by atoms with van der Waals surface area (Å²) in [6, 6.07) is 26.3. The molecule has 4 aromatic rings. The van der Waals surface area contributed by atoms with E-state index in [1.807, 2.05) is 78.9 Å². The number of aliphatic hydroxyl groups is 1. The van der Waals surface area contributed by atoms with E-state index in [4.69, 9.17) is 29.4 Å². The molecule has 2 heterocycles. The fourth-order valence-electron chi connectivity index (χ4n) is 5.99. The molecule has 0 saturated carbocycles. The summed E-state index contributed by atoms with van der Waals surface area (Å²) in [4.78, 5) is 26.9. The van der Waals surface area contributed by atoms with Crippen LogP contribution in [-0.2, 0) is 19.8 Å². The van der Waals surface area contributed by atoms with Crippen LogP contribution >= 0.6 is 0 Å². The van der Waals surface area contributed by atoms with Gasteiger partial charge in [-0.2, -0.15) is 0 Å². The van der Waals surface area contributed by atoms with Crippen molar-refractivity contribution in [2.75, 3.05) is 34.0 Å². The van der Waals surface area contributed by atoms with Crippen LogP contribution in [0.3, 0.4) is 0 Å². The van der Waals surface area contributed by atoms with Crippen LogP contribution < -0.4 is 26.5 Å². The molecule has 1 aromatic heterocycles. The third-order valence-corrected chi connectivity index (χ3v) is 8.48. The monoisotopic (exact) mass is 645 g/mol. The van der Waals surface area contributed by atoms with E-state index >= 15 is 0 Å². The molecule has 250 valence electrons. The number of hydrogen-bond acceptors (Lipinski definition) is 9. The average Bonchev–Trinajstić information content (AvgIpc) is 3.41. The molecule has 11 nitrogen and oxygen atoms in total. The second kappa shape index (κ2) is 16.0. The zero-order valence-corrected chi connectivity index (χ0v) is 26.7. The lowest BCUT2D eigenvalue weighted by atomic mass is 9.80. The van der Waals surface area contributed by atoms with E-state index in [0.717, 1.165) is 42.4 Å². The summed E-state index contributed by atoms with van der Waals surface area (Å²) in [5, 5.41) is 11.6. The van der Waals surface area contributed by atoms with Gasteiger partial charge in [0.1, 0.15) is 35.4 Å². The first-order valence-electron chi connectivity index (χ1n) is 15.9. The number of ether oxygens (including phenoxy) is 5. The zero-order chi connectivity index (χ0) is 33.2. The lowest BCUT2D eigenvalue weighted by Gasteiger charge is -2.37. The maximum Gasteiger partial charge on any atom is 0.330 e. The van der Waals surface area contributed by atoms with Crippen molar-refractivity contribution < 1.29 is 28.8 Å². The minimum absolute atomic E-state index is 0.0704. The summed E-state index contributed by atoms with van der Waals surface area (Å²) in [7, 11) is 3.22. The van der Waals surface area contributed by atoms with Crippen LogP contribution in [0.2, 0.25) is 0 Å². The van der Waals surface area contributed by atoms with Crippen molar-refractivity contribution in [2.45, 2.75) is 55.8 Å². The van der Waals surface area contributed by atoms with Crippen LogP contribution in [0.25, 0.3) is 0 Å². The minimum Gasteiger partial charge on any atom is -0.497 e. The summed E-state index contributed by atoms with van der Waals surface area (Å²) in [5.41, 5.74) is 5.77. The number of nitrogens with zero attached hydrogens (tertiary/aromatic N) is 1. The van der Waals surface area contributed by atoms with Gasteiger partial charge in [0.2, 0.25) is 0 Å². The molecule has 0 spiro atoms. The summed E-state index contributed by atoms with van der Waals surface area (Å²) in [6.07, 6.45) is 0.988. The van der Waals surface area contributed by atoms with E-state index in [1.165, 1.54) is 16.8 Å². The highest BCUT2D eigenvalue weighted by atomic mass is 16.6. The molecule has 0 unspecified atom stereocenters. The molecule has 1 aliphatic rings. The number of rotatable bonds is 16. The predicted molar refractivity (Wildman–Crippen MR) is 177 cm³/mol. The largest absolute Gasteiger partial charge is 0.497 e. The number of aromatic amines is 1. The first-order chi connectivity index (χ1) is 22.9. The first kappa shape index (κ1) is 34.1. The number of aliphatic hydroxyl groups excluding tert-OH is 1. The van der Waals surface area contributed by atoms with Crippen LogP contribution in [0.5, 0.6) is 11.5 Å². The highest BCUT2D eigenvalue weighted by Crippen LogP contribution is 2.43. The van der Waals surface area contributed by atoms with Crippen LogP contribution in [0, 0.1) is 0 Å². The fourth-order valence-corrected chi connectivity index (χ4v) is 5.99. The smallest absolute Gasteiger partial charge is 0.330 e. The molecule has 1 fully saturated rings. The Hall–Kier alpha value is -4.26. The molecule has 1 saturated heterocycles. The molecular weight excluding hydrogens is 602 g/mol. The van der Waals surface area contributed by atoms with E-state index < -0.39 is 41.4 Å². The van der Waals surface area contributed by atoms with E-state index in [-0.39, 0.29) is 6.61 Å². The van der Waals surface area contributed by atoms with Gasteiger partial charge in [-0.05, 0) is 60.3 Å².